The number of amides is 2. The molecule has 0 rings (SSSR count). The van der Waals surface area contributed by atoms with Gasteiger partial charge in [0.25, 0.3) is 0 Å². The maximum atomic E-state index is 11.6. The number of ether oxygens (including phenoxy) is 1. The fraction of sp³-hybridized carbons (Fsp3) is 0.786. The maximum absolute atomic E-state index is 11.6. The van der Waals surface area contributed by atoms with Gasteiger partial charge in [0, 0.05) is 19.5 Å². The van der Waals surface area contributed by atoms with Crippen molar-refractivity contribution in [3.8, 4) is 0 Å². The van der Waals surface area contributed by atoms with Crippen LogP contribution in [0.1, 0.15) is 40.5 Å². The summed E-state index contributed by atoms with van der Waals surface area (Å²) in [6, 6.07) is -1.16. The van der Waals surface area contributed by atoms with Crippen molar-refractivity contribution in [3.05, 3.63) is 0 Å². The summed E-state index contributed by atoms with van der Waals surface area (Å²) in [6.45, 7) is 8.95. The van der Waals surface area contributed by atoms with Crippen molar-refractivity contribution < 1.29 is 24.2 Å². The molecule has 1 atom stereocenters. The van der Waals surface area contributed by atoms with Crippen LogP contribution in [0.2, 0.25) is 0 Å². The summed E-state index contributed by atoms with van der Waals surface area (Å²) in [6.07, 6.45) is -0.798. The smallest absolute Gasteiger partial charge is 0.408 e. The molecule has 0 aliphatic carbocycles. The average Bonchev–Trinajstić information content (AvgIpc) is 2.37. The summed E-state index contributed by atoms with van der Waals surface area (Å²) in [5.41, 5.74) is -0.712. The van der Waals surface area contributed by atoms with Gasteiger partial charge in [0.05, 0.1) is 0 Å². The van der Waals surface area contributed by atoms with E-state index in [1.807, 2.05) is 6.92 Å². The summed E-state index contributed by atoms with van der Waals surface area (Å²) in [4.78, 5) is 34.2. The number of carbonyl (C=O) groups is 3. The van der Waals surface area contributed by atoms with Crippen molar-refractivity contribution in [1.29, 1.82) is 0 Å². The topological polar surface area (TPSA) is 117 Å². The second kappa shape index (κ2) is 9.99. The molecular weight excluding hydrogens is 290 g/mol. The molecule has 0 saturated carbocycles. The highest BCUT2D eigenvalue weighted by Crippen LogP contribution is 2.07. The van der Waals surface area contributed by atoms with Crippen molar-refractivity contribution in [1.82, 2.24) is 16.0 Å². The highest BCUT2D eigenvalue weighted by molar-refractivity contribution is 5.81. The van der Waals surface area contributed by atoms with E-state index in [2.05, 4.69) is 16.0 Å². The quantitative estimate of drug-likeness (QED) is 0.459. The first kappa shape index (κ1) is 20.2. The van der Waals surface area contributed by atoms with E-state index >= 15 is 0 Å². The highest BCUT2D eigenvalue weighted by Gasteiger charge is 2.24. The molecule has 8 nitrogen and oxygen atoms in total. The van der Waals surface area contributed by atoms with Gasteiger partial charge in [-0.25, -0.2) is 9.59 Å². The van der Waals surface area contributed by atoms with Gasteiger partial charge in [0.2, 0.25) is 5.91 Å². The first-order chi connectivity index (χ1) is 10.2. The third-order valence-corrected chi connectivity index (χ3v) is 2.52. The van der Waals surface area contributed by atoms with Gasteiger partial charge in [-0.05, 0) is 33.7 Å². The molecule has 8 heteroatoms. The number of carbonyl (C=O) groups excluding carboxylic acids is 2. The van der Waals surface area contributed by atoms with E-state index in [1.54, 1.807) is 20.8 Å². The van der Waals surface area contributed by atoms with Crippen molar-refractivity contribution in [2.24, 2.45) is 0 Å². The summed E-state index contributed by atoms with van der Waals surface area (Å²) in [7, 11) is 0. The molecule has 0 radical (unpaired) electrons. The molecule has 1 unspecified atom stereocenters. The number of carboxylic acid groups (broad SMARTS) is 1. The SMILES string of the molecule is CCNCCNC(=O)CCC(NC(=O)OC(C)(C)C)C(=O)O. The third kappa shape index (κ3) is 10.9. The van der Waals surface area contributed by atoms with Crippen LogP contribution in [0.25, 0.3) is 0 Å². The molecule has 128 valence electrons. The summed E-state index contributed by atoms with van der Waals surface area (Å²) in [5, 5.41) is 17.0. The zero-order chi connectivity index (χ0) is 17.2. The molecule has 0 aliphatic rings. The zero-order valence-corrected chi connectivity index (χ0v) is 13.7. The number of carboxylic acids is 1. The Hall–Kier alpha value is -1.83. The lowest BCUT2D eigenvalue weighted by molar-refractivity contribution is -0.139. The molecule has 22 heavy (non-hydrogen) atoms. The van der Waals surface area contributed by atoms with Gasteiger partial charge in [0.1, 0.15) is 11.6 Å². The van der Waals surface area contributed by atoms with Crippen molar-refractivity contribution in [2.45, 2.75) is 52.2 Å². The Morgan fingerprint density at radius 1 is 1.18 bits per heavy atom. The number of aliphatic carboxylic acids is 1. The van der Waals surface area contributed by atoms with Crippen LogP contribution in [0.5, 0.6) is 0 Å². The molecule has 0 spiro atoms. The van der Waals surface area contributed by atoms with Crippen LogP contribution in [-0.2, 0) is 14.3 Å². The Morgan fingerprint density at radius 3 is 2.32 bits per heavy atom. The third-order valence-electron chi connectivity index (χ3n) is 2.52. The van der Waals surface area contributed by atoms with E-state index in [-0.39, 0.29) is 18.7 Å². The molecule has 2 amide bonds. The predicted molar refractivity (Wildman–Crippen MR) is 81.6 cm³/mol. The monoisotopic (exact) mass is 317 g/mol. The van der Waals surface area contributed by atoms with E-state index in [9.17, 15) is 14.4 Å². The van der Waals surface area contributed by atoms with E-state index in [1.165, 1.54) is 0 Å². The Morgan fingerprint density at radius 2 is 1.82 bits per heavy atom. The molecule has 0 aliphatic heterocycles. The number of hydrogen-bond acceptors (Lipinski definition) is 5. The van der Waals surface area contributed by atoms with E-state index < -0.39 is 23.7 Å². The van der Waals surface area contributed by atoms with Crippen LogP contribution in [0, 0.1) is 0 Å². The molecule has 0 saturated heterocycles. The van der Waals surface area contributed by atoms with Crippen molar-refractivity contribution >= 4 is 18.0 Å². The molecule has 0 bridgehead atoms. The van der Waals surface area contributed by atoms with Crippen LogP contribution in [0.15, 0.2) is 0 Å². The lowest BCUT2D eigenvalue weighted by Crippen LogP contribution is -2.44. The molecule has 0 fully saturated rings. The average molecular weight is 317 g/mol. The number of likely N-dealkylation sites (N-methyl/N-ethyl adjacent to an activating group) is 1. The van der Waals surface area contributed by atoms with E-state index in [0.717, 1.165) is 6.54 Å². The maximum Gasteiger partial charge on any atom is 0.408 e. The zero-order valence-electron chi connectivity index (χ0n) is 13.7. The Bertz CT molecular complexity index is 379. The van der Waals surface area contributed by atoms with Gasteiger partial charge < -0.3 is 25.8 Å². The van der Waals surface area contributed by atoms with Crippen LogP contribution in [0.3, 0.4) is 0 Å². The standard InChI is InChI=1S/C14H27N3O5/c1-5-15-8-9-16-11(18)7-6-10(12(19)20)17-13(21)22-14(2,3)4/h10,15H,5-9H2,1-4H3,(H,16,18)(H,17,21)(H,19,20). The first-order valence-electron chi connectivity index (χ1n) is 7.35. The minimum absolute atomic E-state index is 0.00160. The fourth-order valence-electron chi connectivity index (χ4n) is 1.54. The molecule has 0 heterocycles. The number of nitrogens with one attached hydrogen (secondary N) is 3. The lowest BCUT2D eigenvalue weighted by atomic mass is 10.1. The van der Waals surface area contributed by atoms with E-state index in [4.69, 9.17) is 9.84 Å². The van der Waals surface area contributed by atoms with Crippen molar-refractivity contribution in [2.75, 3.05) is 19.6 Å². The summed E-state index contributed by atoms with van der Waals surface area (Å²) < 4.78 is 4.99. The second-order valence-corrected chi connectivity index (χ2v) is 5.78. The fourth-order valence-corrected chi connectivity index (χ4v) is 1.54. The number of alkyl carbamates (subject to hydrolysis) is 1. The van der Waals surface area contributed by atoms with Crippen LogP contribution >= 0.6 is 0 Å². The Labute approximate surface area is 131 Å². The van der Waals surface area contributed by atoms with Crippen LogP contribution in [-0.4, -0.2) is 54.4 Å². The lowest BCUT2D eigenvalue weighted by Gasteiger charge is -2.21. The van der Waals surface area contributed by atoms with Gasteiger partial charge in [-0.1, -0.05) is 6.92 Å². The molecule has 0 aromatic heterocycles. The Kier molecular flexibility index (Phi) is 9.16. The minimum atomic E-state index is -1.20. The summed E-state index contributed by atoms with van der Waals surface area (Å²) in [5.74, 6) is -1.46. The second-order valence-electron chi connectivity index (χ2n) is 5.78. The normalized spacial score (nSPS) is 12.4. The molecule has 0 aromatic rings. The Balaban J connectivity index is 4.17. The van der Waals surface area contributed by atoms with Gasteiger partial charge >= 0.3 is 12.1 Å². The van der Waals surface area contributed by atoms with Crippen molar-refractivity contribution in [3.63, 3.8) is 0 Å². The summed E-state index contributed by atoms with van der Waals surface area (Å²) >= 11 is 0. The van der Waals surface area contributed by atoms with E-state index in [0.29, 0.717) is 13.1 Å². The number of rotatable bonds is 9. The number of hydrogen-bond donors (Lipinski definition) is 4. The van der Waals surface area contributed by atoms with Gasteiger partial charge in [-0.3, -0.25) is 4.79 Å². The highest BCUT2D eigenvalue weighted by atomic mass is 16.6. The minimum Gasteiger partial charge on any atom is -0.480 e. The predicted octanol–water partition coefficient (Wildman–Crippen LogP) is 0.470. The van der Waals surface area contributed by atoms with Gasteiger partial charge in [0.15, 0.2) is 0 Å². The van der Waals surface area contributed by atoms with Gasteiger partial charge in [-0.2, -0.15) is 0 Å². The largest absolute Gasteiger partial charge is 0.480 e. The van der Waals surface area contributed by atoms with Crippen LogP contribution < -0.4 is 16.0 Å². The molecule has 4 N–H and O–H groups in total. The first-order valence-corrected chi connectivity index (χ1v) is 7.35. The molecular formula is C14H27N3O5. The van der Waals surface area contributed by atoms with Crippen LogP contribution in [0.4, 0.5) is 4.79 Å². The van der Waals surface area contributed by atoms with Gasteiger partial charge in [-0.15, -0.1) is 0 Å². The molecule has 0 aromatic carbocycles.